The van der Waals surface area contributed by atoms with Crippen molar-refractivity contribution in [2.75, 3.05) is 6.61 Å². The first-order valence-corrected chi connectivity index (χ1v) is 9.66. The molecule has 0 spiro atoms. The van der Waals surface area contributed by atoms with Gasteiger partial charge in [-0.1, -0.05) is 0 Å². The molecular weight excluding hydrogens is 377 g/mol. The van der Waals surface area contributed by atoms with Crippen molar-refractivity contribution in [3.8, 4) is 16.3 Å². The van der Waals surface area contributed by atoms with Gasteiger partial charge in [-0.2, -0.15) is 13.2 Å². The van der Waals surface area contributed by atoms with Gasteiger partial charge in [0.05, 0.1) is 18.7 Å². The van der Waals surface area contributed by atoms with Crippen LogP contribution < -0.4 is 10.1 Å². The Hall–Kier alpha value is -2.09. The first kappa shape index (κ1) is 19.7. The predicted molar refractivity (Wildman–Crippen MR) is 97.7 cm³/mol. The van der Waals surface area contributed by atoms with E-state index in [1.807, 2.05) is 31.2 Å². The van der Waals surface area contributed by atoms with Crippen LogP contribution in [0.5, 0.6) is 5.75 Å². The summed E-state index contributed by atoms with van der Waals surface area (Å²) in [7, 11) is 0. The fraction of sp³-hybridized carbons (Fsp3) is 0.474. The molecule has 1 aromatic carbocycles. The van der Waals surface area contributed by atoms with Crippen molar-refractivity contribution in [3.63, 3.8) is 0 Å². The van der Waals surface area contributed by atoms with Crippen LogP contribution in [0, 0.1) is 5.92 Å². The summed E-state index contributed by atoms with van der Waals surface area (Å²) in [6, 6.07) is 7.39. The van der Waals surface area contributed by atoms with Crippen LogP contribution in [0.2, 0.25) is 0 Å². The number of halogens is 3. The van der Waals surface area contributed by atoms with Gasteiger partial charge in [-0.05, 0) is 56.9 Å². The normalized spacial score (nSPS) is 16.6. The first-order valence-electron chi connectivity index (χ1n) is 8.78. The smallest absolute Gasteiger partial charge is 0.411 e. The Morgan fingerprint density at radius 2 is 1.96 bits per heavy atom. The van der Waals surface area contributed by atoms with E-state index in [4.69, 9.17) is 4.74 Å². The summed E-state index contributed by atoms with van der Waals surface area (Å²) < 4.78 is 45.5. The zero-order chi connectivity index (χ0) is 19.7. The molecule has 0 aliphatic heterocycles. The van der Waals surface area contributed by atoms with Crippen molar-refractivity contribution < 1.29 is 22.7 Å². The second-order valence-electron chi connectivity index (χ2n) is 6.80. The number of amides is 1. The van der Waals surface area contributed by atoms with Crippen molar-refractivity contribution in [2.24, 2.45) is 5.92 Å². The number of hydrogen-bond acceptors (Lipinski definition) is 4. The van der Waals surface area contributed by atoms with Crippen LogP contribution in [0.1, 0.15) is 32.4 Å². The van der Waals surface area contributed by atoms with Gasteiger partial charge >= 0.3 is 6.18 Å². The molecule has 146 valence electrons. The summed E-state index contributed by atoms with van der Waals surface area (Å²) in [6.07, 6.45) is -3.69. The average molecular weight is 398 g/mol. The van der Waals surface area contributed by atoms with Crippen LogP contribution in [0.3, 0.4) is 0 Å². The minimum Gasteiger partial charge on any atom is -0.494 e. The SMILES string of the molecule is CCOc1ccc(-c2nc(CC(=O)N[C@](C)(C3CC3)C(F)(F)F)cs2)cc1. The van der Waals surface area contributed by atoms with Crippen molar-refractivity contribution in [2.45, 2.75) is 44.8 Å². The van der Waals surface area contributed by atoms with E-state index < -0.39 is 23.5 Å². The second-order valence-corrected chi connectivity index (χ2v) is 7.66. The Labute approximate surface area is 159 Å². The third-order valence-corrected chi connectivity index (χ3v) is 5.63. The number of aromatic nitrogens is 1. The molecule has 3 rings (SSSR count). The van der Waals surface area contributed by atoms with Gasteiger partial charge < -0.3 is 10.1 Å². The third-order valence-electron chi connectivity index (χ3n) is 4.69. The van der Waals surface area contributed by atoms with Crippen LogP contribution in [0.4, 0.5) is 13.2 Å². The second kappa shape index (κ2) is 7.50. The monoisotopic (exact) mass is 398 g/mol. The van der Waals surface area contributed by atoms with E-state index >= 15 is 0 Å². The predicted octanol–water partition coefficient (Wildman–Crippen LogP) is 4.60. The lowest BCUT2D eigenvalue weighted by atomic mass is 9.94. The van der Waals surface area contributed by atoms with E-state index in [1.54, 1.807) is 5.38 Å². The number of carbonyl (C=O) groups excluding carboxylic acids is 1. The summed E-state index contributed by atoms with van der Waals surface area (Å²) in [5, 5.41) is 4.61. The van der Waals surface area contributed by atoms with Crippen LogP contribution in [0.25, 0.3) is 10.6 Å². The summed E-state index contributed by atoms with van der Waals surface area (Å²) in [5.41, 5.74) is -0.840. The first-order chi connectivity index (χ1) is 12.7. The van der Waals surface area contributed by atoms with E-state index in [9.17, 15) is 18.0 Å². The molecule has 1 atom stereocenters. The quantitative estimate of drug-likeness (QED) is 0.742. The minimum absolute atomic E-state index is 0.175. The van der Waals surface area contributed by atoms with Crippen molar-refractivity contribution in [1.29, 1.82) is 0 Å². The number of alkyl halides is 3. The van der Waals surface area contributed by atoms with Crippen molar-refractivity contribution >= 4 is 17.2 Å². The van der Waals surface area contributed by atoms with Gasteiger partial charge in [-0.3, -0.25) is 4.79 Å². The largest absolute Gasteiger partial charge is 0.494 e. The Bertz CT molecular complexity index is 800. The zero-order valence-electron chi connectivity index (χ0n) is 15.1. The summed E-state index contributed by atoms with van der Waals surface area (Å²) in [6.45, 7) is 3.54. The minimum atomic E-state index is -4.47. The van der Waals surface area contributed by atoms with E-state index in [-0.39, 0.29) is 6.42 Å². The Balaban J connectivity index is 1.65. The molecule has 1 fully saturated rings. The number of thiazole rings is 1. The fourth-order valence-corrected chi connectivity index (χ4v) is 3.77. The highest BCUT2D eigenvalue weighted by Gasteiger charge is 2.60. The number of rotatable bonds is 7. The lowest BCUT2D eigenvalue weighted by Gasteiger charge is -2.33. The molecule has 4 nitrogen and oxygen atoms in total. The topological polar surface area (TPSA) is 51.2 Å². The Morgan fingerprint density at radius 3 is 2.52 bits per heavy atom. The van der Waals surface area contributed by atoms with E-state index in [2.05, 4.69) is 10.3 Å². The highest BCUT2D eigenvalue weighted by molar-refractivity contribution is 7.13. The standard InChI is InChI=1S/C19H21F3N2O2S/c1-3-26-15-8-4-12(5-9-15)17-23-14(11-27-17)10-16(25)24-18(2,13-6-7-13)19(20,21)22/h4-5,8-9,11,13H,3,6-7,10H2,1-2H3,(H,24,25)/t18-/m1/s1. The van der Waals surface area contributed by atoms with Gasteiger partial charge in [-0.25, -0.2) is 4.98 Å². The van der Waals surface area contributed by atoms with Gasteiger partial charge in [0.25, 0.3) is 0 Å². The third kappa shape index (κ3) is 4.43. The van der Waals surface area contributed by atoms with Gasteiger partial charge in [0.1, 0.15) is 16.3 Å². The van der Waals surface area contributed by atoms with E-state index in [0.29, 0.717) is 30.2 Å². The number of nitrogens with one attached hydrogen (secondary N) is 1. The number of benzene rings is 1. The lowest BCUT2D eigenvalue weighted by Crippen LogP contribution is -2.58. The molecule has 0 unspecified atom stereocenters. The molecule has 0 saturated heterocycles. The Kier molecular flexibility index (Phi) is 5.46. The molecule has 1 aliphatic carbocycles. The maximum absolute atomic E-state index is 13.4. The van der Waals surface area contributed by atoms with Crippen molar-refractivity contribution in [3.05, 3.63) is 35.3 Å². The molecular formula is C19H21F3N2O2S. The number of carbonyl (C=O) groups is 1. The van der Waals surface area contributed by atoms with Crippen LogP contribution >= 0.6 is 11.3 Å². The lowest BCUT2D eigenvalue weighted by molar-refractivity contribution is -0.199. The number of ether oxygens (including phenoxy) is 1. The van der Waals surface area contributed by atoms with Crippen LogP contribution in [-0.2, 0) is 11.2 Å². The maximum atomic E-state index is 13.4. The van der Waals surface area contributed by atoms with Crippen molar-refractivity contribution in [1.82, 2.24) is 10.3 Å². The van der Waals surface area contributed by atoms with Gasteiger partial charge in [0.15, 0.2) is 0 Å². The zero-order valence-corrected chi connectivity index (χ0v) is 15.9. The van der Waals surface area contributed by atoms with Crippen LogP contribution in [0.15, 0.2) is 29.6 Å². The molecule has 1 heterocycles. The van der Waals surface area contributed by atoms with Gasteiger partial charge in [-0.15, -0.1) is 11.3 Å². The fourth-order valence-electron chi connectivity index (χ4n) is 2.94. The molecule has 0 radical (unpaired) electrons. The van der Waals surface area contributed by atoms with E-state index in [0.717, 1.165) is 18.2 Å². The summed E-state index contributed by atoms with van der Waals surface area (Å²) >= 11 is 1.35. The maximum Gasteiger partial charge on any atom is 0.411 e. The molecule has 1 N–H and O–H groups in total. The number of nitrogens with zero attached hydrogens (tertiary/aromatic N) is 1. The highest BCUT2D eigenvalue weighted by Crippen LogP contribution is 2.48. The molecule has 0 bridgehead atoms. The molecule has 1 aromatic heterocycles. The molecule has 8 heteroatoms. The van der Waals surface area contributed by atoms with Gasteiger partial charge in [0, 0.05) is 10.9 Å². The van der Waals surface area contributed by atoms with E-state index in [1.165, 1.54) is 11.3 Å². The highest BCUT2D eigenvalue weighted by atomic mass is 32.1. The Morgan fingerprint density at radius 1 is 1.30 bits per heavy atom. The summed E-state index contributed by atoms with van der Waals surface area (Å²) in [4.78, 5) is 16.6. The molecule has 27 heavy (non-hydrogen) atoms. The molecule has 1 amide bonds. The van der Waals surface area contributed by atoms with Crippen LogP contribution in [-0.4, -0.2) is 29.2 Å². The molecule has 2 aromatic rings. The molecule has 1 saturated carbocycles. The van der Waals surface area contributed by atoms with Gasteiger partial charge in [0.2, 0.25) is 5.91 Å². The molecule has 1 aliphatic rings. The summed E-state index contributed by atoms with van der Waals surface area (Å²) in [5.74, 6) is -0.453. The average Bonchev–Trinajstić information content (AvgIpc) is 3.36. The number of hydrogen-bond donors (Lipinski definition) is 1.